The van der Waals surface area contributed by atoms with Crippen molar-refractivity contribution in [1.82, 2.24) is 9.55 Å². The van der Waals surface area contributed by atoms with Gasteiger partial charge in [0.2, 0.25) is 5.85 Å². The van der Waals surface area contributed by atoms with Crippen molar-refractivity contribution in [3.63, 3.8) is 0 Å². The van der Waals surface area contributed by atoms with Crippen molar-refractivity contribution in [2.75, 3.05) is 6.61 Å². The van der Waals surface area contributed by atoms with Gasteiger partial charge in [-0.15, -0.1) is 0 Å². The highest BCUT2D eigenvalue weighted by atomic mass is 19.2. The normalized spacial score (nSPS) is 30.6. The van der Waals surface area contributed by atoms with Crippen molar-refractivity contribution < 1.29 is 14.2 Å². The van der Waals surface area contributed by atoms with Gasteiger partial charge in [-0.05, 0) is 0 Å². The van der Waals surface area contributed by atoms with Crippen LogP contribution in [0.5, 0.6) is 0 Å². The Morgan fingerprint density at radius 3 is 2.78 bits per heavy atom. The van der Waals surface area contributed by atoms with Crippen LogP contribution in [0.4, 0.5) is 4.39 Å². The van der Waals surface area contributed by atoms with Crippen molar-refractivity contribution in [3.8, 4) is 0 Å². The van der Waals surface area contributed by atoms with Crippen molar-refractivity contribution in [2.24, 2.45) is 5.41 Å². The van der Waals surface area contributed by atoms with Crippen LogP contribution in [-0.2, 0) is 4.74 Å². The molecule has 0 spiro atoms. The Balaban J connectivity index is 2.45. The lowest BCUT2D eigenvalue weighted by Gasteiger charge is -2.25. The minimum absolute atomic E-state index is 0.0350. The summed E-state index contributed by atoms with van der Waals surface area (Å²) < 4.78 is 20.3. The number of H-pyrrole nitrogens is 1. The smallest absolute Gasteiger partial charge is 0.330 e. The van der Waals surface area contributed by atoms with E-state index in [4.69, 9.17) is 9.84 Å². The fourth-order valence-electron chi connectivity index (χ4n) is 2.31. The number of alkyl halides is 1. The van der Waals surface area contributed by atoms with Crippen LogP contribution in [0.25, 0.3) is 0 Å². The summed E-state index contributed by atoms with van der Waals surface area (Å²) in [5.41, 5.74) is -1.87. The lowest BCUT2D eigenvalue weighted by molar-refractivity contribution is -0.181. The zero-order valence-corrected chi connectivity index (χ0v) is 10.1. The van der Waals surface area contributed by atoms with Gasteiger partial charge >= 0.3 is 5.69 Å². The molecular weight excluding hydrogens is 243 g/mol. The van der Waals surface area contributed by atoms with E-state index in [0.717, 1.165) is 10.6 Å². The Morgan fingerprint density at radius 2 is 2.28 bits per heavy atom. The molecule has 1 aliphatic rings. The first-order valence-electron chi connectivity index (χ1n) is 5.56. The van der Waals surface area contributed by atoms with E-state index in [1.54, 1.807) is 13.8 Å². The lowest BCUT2D eigenvalue weighted by Crippen LogP contribution is -2.36. The van der Waals surface area contributed by atoms with E-state index in [2.05, 4.69) is 4.98 Å². The minimum Gasteiger partial charge on any atom is -0.390 e. The second kappa shape index (κ2) is 4.03. The van der Waals surface area contributed by atoms with Gasteiger partial charge in [-0.2, -0.15) is 0 Å². The number of hydrogen-bond acceptors (Lipinski definition) is 4. The van der Waals surface area contributed by atoms with Gasteiger partial charge in [-0.25, -0.2) is 9.18 Å². The Bertz CT molecular complexity index is 565. The van der Waals surface area contributed by atoms with E-state index in [1.165, 1.54) is 6.20 Å². The molecule has 1 fully saturated rings. The van der Waals surface area contributed by atoms with Gasteiger partial charge in [-0.1, -0.05) is 13.8 Å². The Morgan fingerprint density at radius 1 is 1.61 bits per heavy atom. The van der Waals surface area contributed by atoms with Gasteiger partial charge < -0.3 is 9.84 Å². The van der Waals surface area contributed by atoms with Gasteiger partial charge in [0.15, 0.2) is 0 Å². The lowest BCUT2D eigenvalue weighted by atomic mass is 9.87. The maximum absolute atomic E-state index is 14.0. The molecule has 0 bridgehead atoms. The third-order valence-corrected chi connectivity index (χ3v) is 3.05. The van der Waals surface area contributed by atoms with Crippen LogP contribution in [0.3, 0.4) is 0 Å². The van der Waals surface area contributed by atoms with E-state index in [-0.39, 0.29) is 6.42 Å². The average Bonchev–Trinajstić information content (AvgIpc) is 2.50. The molecule has 2 unspecified atom stereocenters. The molecule has 1 saturated heterocycles. The zero-order valence-electron chi connectivity index (χ0n) is 10.1. The Labute approximate surface area is 102 Å². The van der Waals surface area contributed by atoms with Crippen molar-refractivity contribution in [3.05, 3.63) is 33.1 Å². The van der Waals surface area contributed by atoms with Crippen molar-refractivity contribution in [1.29, 1.82) is 0 Å². The first-order chi connectivity index (χ1) is 8.27. The quantitative estimate of drug-likeness (QED) is 0.790. The summed E-state index contributed by atoms with van der Waals surface area (Å²) in [5, 5.41) is 8.99. The molecular formula is C11H15FN2O4. The summed E-state index contributed by atoms with van der Waals surface area (Å²) in [6, 6.07) is 1.16. The number of aromatic nitrogens is 2. The summed E-state index contributed by atoms with van der Waals surface area (Å²) >= 11 is 0. The molecule has 2 atom stereocenters. The first-order valence-corrected chi connectivity index (χ1v) is 5.56. The van der Waals surface area contributed by atoms with Crippen LogP contribution in [-0.4, -0.2) is 27.1 Å². The molecule has 0 amide bonds. The maximum Gasteiger partial charge on any atom is 0.330 e. The summed E-state index contributed by atoms with van der Waals surface area (Å²) in [4.78, 5) is 24.7. The van der Waals surface area contributed by atoms with E-state index >= 15 is 0 Å². The van der Waals surface area contributed by atoms with Gasteiger partial charge in [0.1, 0.15) is 12.8 Å². The van der Waals surface area contributed by atoms with Crippen molar-refractivity contribution in [2.45, 2.75) is 32.4 Å². The molecule has 7 heteroatoms. The molecule has 100 valence electrons. The zero-order chi connectivity index (χ0) is 13.6. The summed E-state index contributed by atoms with van der Waals surface area (Å²) in [6.07, 6.45) is 0.350. The predicted octanol–water partition coefficient (Wildman–Crippen LogP) is 0.140. The third kappa shape index (κ3) is 2.11. The summed E-state index contributed by atoms with van der Waals surface area (Å²) in [5.74, 6) is -2.16. The highest BCUT2D eigenvalue weighted by Crippen LogP contribution is 2.49. The number of halogens is 1. The van der Waals surface area contributed by atoms with E-state index in [0.29, 0.717) is 0 Å². The SMILES string of the molecule is CC1(C)CC(F)(CO)OC1n1ccc(=O)[nH]c1=O. The first kappa shape index (κ1) is 13.0. The topological polar surface area (TPSA) is 84.3 Å². The number of aliphatic hydroxyl groups is 1. The second-order valence-corrected chi connectivity index (χ2v) is 5.19. The molecule has 0 saturated carbocycles. The highest BCUT2D eigenvalue weighted by Gasteiger charge is 2.52. The van der Waals surface area contributed by atoms with Crippen molar-refractivity contribution >= 4 is 0 Å². The van der Waals surface area contributed by atoms with Crippen LogP contribution < -0.4 is 11.2 Å². The predicted molar refractivity (Wildman–Crippen MR) is 60.8 cm³/mol. The van der Waals surface area contributed by atoms with Gasteiger partial charge in [0, 0.05) is 24.1 Å². The van der Waals surface area contributed by atoms with E-state index < -0.39 is 35.4 Å². The highest BCUT2D eigenvalue weighted by molar-refractivity contribution is 4.95. The monoisotopic (exact) mass is 258 g/mol. The molecule has 2 heterocycles. The van der Waals surface area contributed by atoms with Gasteiger partial charge in [0.05, 0.1) is 0 Å². The fraction of sp³-hybridized carbons (Fsp3) is 0.636. The number of aromatic amines is 1. The number of ether oxygens (including phenoxy) is 1. The number of aliphatic hydroxyl groups excluding tert-OH is 1. The van der Waals surface area contributed by atoms with Crippen LogP contribution in [0.15, 0.2) is 21.9 Å². The molecule has 2 N–H and O–H groups in total. The van der Waals surface area contributed by atoms with Crippen LogP contribution >= 0.6 is 0 Å². The second-order valence-electron chi connectivity index (χ2n) is 5.19. The van der Waals surface area contributed by atoms with Crippen LogP contribution in [0.1, 0.15) is 26.5 Å². The average molecular weight is 258 g/mol. The molecule has 1 aromatic rings. The molecule has 1 aromatic heterocycles. The van der Waals surface area contributed by atoms with E-state index in [1.807, 2.05) is 0 Å². The standard InChI is InChI=1S/C11H15FN2O4/c1-10(2)5-11(12,6-15)18-8(10)14-4-3-7(16)13-9(14)17/h3-4,8,15H,5-6H2,1-2H3,(H,13,16,17). The summed E-state index contributed by atoms with van der Waals surface area (Å²) in [7, 11) is 0. The Kier molecular flexibility index (Phi) is 2.90. The minimum atomic E-state index is -2.16. The number of rotatable bonds is 2. The molecule has 6 nitrogen and oxygen atoms in total. The summed E-state index contributed by atoms with van der Waals surface area (Å²) in [6.45, 7) is 2.68. The van der Waals surface area contributed by atoms with Crippen LogP contribution in [0, 0.1) is 5.41 Å². The molecule has 0 aliphatic carbocycles. The molecule has 0 aromatic carbocycles. The molecule has 2 rings (SSSR count). The van der Waals surface area contributed by atoms with Gasteiger partial charge in [0.25, 0.3) is 5.56 Å². The molecule has 0 radical (unpaired) electrons. The third-order valence-electron chi connectivity index (χ3n) is 3.05. The largest absolute Gasteiger partial charge is 0.390 e. The maximum atomic E-state index is 14.0. The fourth-order valence-corrected chi connectivity index (χ4v) is 2.31. The van der Waals surface area contributed by atoms with Crippen LogP contribution in [0.2, 0.25) is 0 Å². The Hall–Kier alpha value is -1.47. The molecule has 1 aliphatic heterocycles. The van der Waals surface area contributed by atoms with E-state index in [9.17, 15) is 14.0 Å². The van der Waals surface area contributed by atoms with Gasteiger partial charge in [-0.3, -0.25) is 14.3 Å². The number of nitrogens with zero attached hydrogens (tertiary/aromatic N) is 1. The molecule has 18 heavy (non-hydrogen) atoms. The number of hydrogen-bond donors (Lipinski definition) is 2. The number of nitrogens with one attached hydrogen (secondary N) is 1.